The second-order valence-electron chi connectivity index (χ2n) is 13.6. The summed E-state index contributed by atoms with van der Waals surface area (Å²) in [5.74, 6) is 0. The number of furan rings is 2. The van der Waals surface area contributed by atoms with Crippen molar-refractivity contribution in [2.45, 2.75) is 0 Å². The molecular formula is C50H30O2. The van der Waals surface area contributed by atoms with Gasteiger partial charge in [0.2, 0.25) is 0 Å². The van der Waals surface area contributed by atoms with E-state index in [2.05, 4.69) is 164 Å². The van der Waals surface area contributed by atoms with Crippen molar-refractivity contribution >= 4 is 65.4 Å². The lowest BCUT2D eigenvalue weighted by Gasteiger charge is -2.18. The molecule has 2 heteroatoms. The van der Waals surface area contributed by atoms with Gasteiger partial charge in [0.1, 0.15) is 22.3 Å². The Hall–Kier alpha value is -6.90. The van der Waals surface area contributed by atoms with Crippen LogP contribution < -0.4 is 0 Å². The highest BCUT2D eigenvalue weighted by molar-refractivity contribution is 6.22. The number of hydrogen-bond donors (Lipinski definition) is 0. The maximum Gasteiger partial charge on any atom is 0.143 e. The number of rotatable bonds is 4. The number of hydrogen-bond acceptors (Lipinski definition) is 2. The first-order valence-electron chi connectivity index (χ1n) is 17.8. The second kappa shape index (κ2) is 11.3. The maximum atomic E-state index is 6.69. The van der Waals surface area contributed by atoms with Crippen molar-refractivity contribution in [1.29, 1.82) is 0 Å². The van der Waals surface area contributed by atoms with E-state index < -0.39 is 0 Å². The van der Waals surface area contributed by atoms with Crippen LogP contribution in [0.15, 0.2) is 191 Å². The van der Waals surface area contributed by atoms with E-state index in [0.29, 0.717) is 0 Å². The SMILES string of the molecule is c1ccc(-c2c3ccccc3c(-c3ccc(-c4ccc(-c5ccc6oc7ccccc7c6c5)c5oc6ccccc6c45)cc3)c3ccccc23)cc1. The monoisotopic (exact) mass is 662 g/mol. The molecule has 0 aliphatic rings. The van der Waals surface area contributed by atoms with Crippen LogP contribution >= 0.6 is 0 Å². The predicted octanol–water partition coefficient (Wildman–Crippen LogP) is 14.5. The number of fused-ring (bicyclic) bond motifs is 8. The summed E-state index contributed by atoms with van der Waals surface area (Å²) in [4.78, 5) is 0. The molecule has 11 rings (SSSR count). The van der Waals surface area contributed by atoms with Crippen LogP contribution in [0.25, 0.3) is 110 Å². The molecule has 0 radical (unpaired) electrons. The van der Waals surface area contributed by atoms with Crippen molar-refractivity contribution in [1.82, 2.24) is 0 Å². The smallest absolute Gasteiger partial charge is 0.143 e. The Morgan fingerprint density at radius 3 is 1.38 bits per heavy atom. The predicted molar refractivity (Wildman–Crippen MR) is 218 cm³/mol. The fourth-order valence-corrected chi connectivity index (χ4v) is 8.36. The van der Waals surface area contributed by atoms with Gasteiger partial charge in [-0.2, -0.15) is 0 Å². The zero-order chi connectivity index (χ0) is 34.2. The summed E-state index contributed by atoms with van der Waals surface area (Å²) in [6.45, 7) is 0. The maximum absolute atomic E-state index is 6.69. The van der Waals surface area contributed by atoms with Crippen molar-refractivity contribution in [3.05, 3.63) is 182 Å². The molecule has 0 spiro atoms. The van der Waals surface area contributed by atoms with Gasteiger partial charge in [0, 0.05) is 27.1 Å². The topological polar surface area (TPSA) is 26.3 Å². The van der Waals surface area contributed by atoms with Crippen molar-refractivity contribution in [2.24, 2.45) is 0 Å². The van der Waals surface area contributed by atoms with E-state index in [1.54, 1.807) is 0 Å². The molecule has 0 N–H and O–H groups in total. The minimum atomic E-state index is 0.883. The Morgan fingerprint density at radius 1 is 0.269 bits per heavy atom. The Balaban J connectivity index is 1.09. The van der Waals surface area contributed by atoms with E-state index in [1.165, 1.54) is 43.8 Å². The lowest BCUT2D eigenvalue weighted by atomic mass is 9.85. The van der Waals surface area contributed by atoms with Crippen LogP contribution in [-0.4, -0.2) is 0 Å². The molecule has 2 aromatic heterocycles. The summed E-state index contributed by atoms with van der Waals surface area (Å²) in [6, 6.07) is 65.0. The van der Waals surface area contributed by atoms with E-state index in [0.717, 1.165) is 66.1 Å². The van der Waals surface area contributed by atoms with E-state index in [1.807, 2.05) is 18.2 Å². The highest BCUT2D eigenvalue weighted by Crippen LogP contribution is 2.46. The molecule has 242 valence electrons. The molecule has 9 aromatic carbocycles. The van der Waals surface area contributed by atoms with E-state index in [-0.39, 0.29) is 0 Å². The molecule has 0 saturated heterocycles. The Bertz CT molecular complexity index is 3100. The summed E-state index contributed by atoms with van der Waals surface area (Å²) in [5, 5.41) is 9.49. The number of para-hydroxylation sites is 2. The first-order valence-corrected chi connectivity index (χ1v) is 17.8. The van der Waals surface area contributed by atoms with E-state index in [4.69, 9.17) is 8.83 Å². The lowest BCUT2D eigenvalue weighted by molar-refractivity contribution is 0.668. The molecule has 0 amide bonds. The van der Waals surface area contributed by atoms with Gasteiger partial charge in [0.05, 0.1) is 0 Å². The molecule has 2 heterocycles. The molecule has 0 aliphatic heterocycles. The van der Waals surface area contributed by atoms with Crippen molar-refractivity contribution in [3.8, 4) is 44.5 Å². The third-order valence-corrected chi connectivity index (χ3v) is 10.7. The average molecular weight is 663 g/mol. The molecule has 0 aliphatic carbocycles. The molecule has 0 atom stereocenters. The van der Waals surface area contributed by atoms with Crippen LogP contribution in [-0.2, 0) is 0 Å². The zero-order valence-electron chi connectivity index (χ0n) is 28.1. The molecule has 2 nitrogen and oxygen atoms in total. The minimum absolute atomic E-state index is 0.883. The van der Waals surface area contributed by atoms with Crippen molar-refractivity contribution in [3.63, 3.8) is 0 Å². The third-order valence-electron chi connectivity index (χ3n) is 10.7. The van der Waals surface area contributed by atoms with Gasteiger partial charge >= 0.3 is 0 Å². The van der Waals surface area contributed by atoms with Gasteiger partial charge in [-0.3, -0.25) is 0 Å². The fourth-order valence-electron chi connectivity index (χ4n) is 8.36. The summed E-state index contributed by atoms with van der Waals surface area (Å²) in [5.41, 5.74) is 13.0. The van der Waals surface area contributed by atoms with Crippen LogP contribution in [0, 0.1) is 0 Å². The minimum Gasteiger partial charge on any atom is -0.456 e. The number of benzene rings is 9. The zero-order valence-corrected chi connectivity index (χ0v) is 28.1. The lowest BCUT2D eigenvalue weighted by Crippen LogP contribution is -1.91. The van der Waals surface area contributed by atoms with Crippen LogP contribution in [0.3, 0.4) is 0 Å². The fraction of sp³-hybridized carbons (Fsp3) is 0. The van der Waals surface area contributed by atoms with Gasteiger partial charge in [-0.1, -0.05) is 152 Å². The molecular weight excluding hydrogens is 633 g/mol. The largest absolute Gasteiger partial charge is 0.456 e. The van der Waals surface area contributed by atoms with Crippen molar-refractivity contribution in [2.75, 3.05) is 0 Å². The highest BCUT2D eigenvalue weighted by atomic mass is 16.3. The highest BCUT2D eigenvalue weighted by Gasteiger charge is 2.20. The van der Waals surface area contributed by atoms with Gasteiger partial charge < -0.3 is 8.83 Å². The van der Waals surface area contributed by atoms with E-state index in [9.17, 15) is 0 Å². The van der Waals surface area contributed by atoms with Gasteiger partial charge in [-0.05, 0) is 90.8 Å². The molecule has 0 unspecified atom stereocenters. The van der Waals surface area contributed by atoms with Gasteiger partial charge in [-0.25, -0.2) is 0 Å². The Morgan fingerprint density at radius 2 is 0.731 bits per heavy atom. The van der Waals surface area contributed by atoms with Crippen LogP contribution in [0.4, 0.5) is 0 Å². The van der Waals surface area contributed by atoms with Crippen LogP contribution in [0.1, 0.15) is 0 Å². The molecule has 0 bridgehead atoms. The molecule has 0 fully saturated rings. The van der Waals surface area contributed by atoms with Gasteiger partial charge in [0.25, 0.3) is 0 Å². The van der Waals surface area contributed by atoms with Crippen LogP contribution in [0.5, 0.6) is 0 Å². The van der Waals surface area contributed by atoms with Gasteiger partial charge in [-0.15, -0.1) is 0 Å². The average Bonchev–Trinajstić information content (AvgIpc) is 3.79. The Labute approximate surface area is 299 Å². The summed E-state index contributed by atoms with van der Waals surface area (Å²) < 4.78 is 12.8. The molecule has 11 aromatic rings. The first kappa shape index (κ1) is 28.9. The standard InChI is InChI=1S/C50H30O2/c1-2-12-32(13-3-1)47-38-15-4-6-17-40(38)48(41-18-7-5-16-39(41)47)33-24-22-31(23-25-33)35-27-28-36(50-49(35)42-19-9-11-21-45(42)52-50)34-26-29-46-43(30-34)37-14-8-10-20-44(37)51-46/h1-30H. The summed E-state index contributed by atoms with van der Waals surface area (Å²) in [7, 11) is 0. The third kappa shape index (κ3) is 4.31. The van der Waals surface area contributed by atoms with Crippen LogP contribution in [0.2, 0.25) is 0 Å². The normalized spacial score (nSPS) is 11.8. The molecule has 52 heavy (non-hydrogen) atoms. The summed E-state index contributed by atoms with van der Waals surface area (Å²) in [6.07, 6.45) is 0. The van der Waals surface area contributed by atoms with E-state index >= 15 is 0 Å². The van der Waals surface area contributed by atoms with Crippen molar-refractivity contribution < 1.29 is 8.83 Å². The first-order chi connectivity index (χ1) is 25.8. The molecule has 0 saturated carbocycles. The second-order valence-corrected chi connectivity index (χ2v) is 13.6. The van der Waals surface area contributed by atoms with Gasteiger partial charge in [0.15, 0.2) is 0 Å². The quantitative estimate of drug-likeness (QED) is 0.175. The Kier molecular flexibility index (Phi) is 6.28. The summed E-state index contributed by atoms with van der Waals surface area (Å²) >= 11 is 0.